The summed E-state index contributed by atoms with van der Waals surface area (Å²) in [5.41, 5.74) is 7.28. The molecular formula is C54H36N2SSi. The molecule has 9 aromatic carbocycles. The van der Waals surface area contributed by atoms with Crippen LogP contribution in [0.3, 0.4) is 0 Å². The van der Waals surface area contributed by atoms with Crippen LogP contribution in [0, 0.1) is 0 Å². The highest BCUT2D eigenvalue weighted by atomic mass is 32.1. The van der Waals surface area contributed by atoms with Gasteiger partial charge in [-0.1, -0.05) is 170 Å². The predicted octanol–water partition coefficient (Wildman–Crippen LogP) is 11.6. The summed E-state index contributed by atoms with van der Waals surface area (Å²) in [7, 11) is -2.88. The molecule has 2 nitrogen and oxygen atoms in total. The van der Waals surface area contributed by atoms with E-state index in [1.165, 1.54) is 95.9 Å². The van der Waals surface area contributed by atoms with Gasteiger partial charge in [-0.05, 0) is 69.3 Å². The molecule has 0 aliphatic rings. The Morgan fingerprint density at radius 2 is 0.793 bits per heavy atom. The number of para-hydroxylation sites is 3. The van der Waals surface area contributed by atoms with Crippen LogP contribution in [0.5, 0.6) is 0 Å². The van der Waals surface area contributed by atoms with Crippen LogP contribution in [0.15, 0.2) is 218 Å². The van der Waals surface area contributed by atoms with Crippen molar-refractivity contribution in [3.8, 4) is 11.4 Å². The first kappa shape index (κ1) is 33.2. The molecule has 0 N–H and O–H groups in total. The molecule has 0 aliphatic heterocycles. The minimum atomic E-state index is -2.88. The molecule has 0 spiro atoms. The van der Waals surface area contributed by atoms with Gasteiger partial charge >= 0.3 is 0 Å². The first-order valence-corrected chi connectivity index (χ1v) is 22.8. The standard InChI is InChI=1S/C54H36N2SSi/c1-3-17-39(18-4-1)58(40-19-5-2-6-20-40,42-21-15-16-38(36-42)55-49-26-11-7-22-43(49)44-23-8-12-27-50(44)55)41-32-30-37(31-33-41)56-51-28-13-9-24-45(51)47-34-35-48-46-25-10-14-29-52(46)57-54(48)53(47)56/h1-36H. The molecule has 3 heterocycles. The average Bonchev–Trinajstić information content (AvgIpc) is 3.96. The van der Waals surface area contributed by atoms with Crippen LogP contribution in [0.1, 0.15) is 0 Å². The van der Waals surface area contributed by atoms with Gasteiger partial charge in [0.25, 0.3) is 0 Å². The summed E-state index contributed by atoms with van der Waals surface area (Å²) in [6.07, 6.45) is 0. The van der Waals surface area contributed by atoms with Gasteiger partial charge in [0.15, 0.2) is 8.07 Å². The van der Waals surface area contributed by atoms with Crippen LogP contribution in [0.25, 0.3) is 75.2 Å². The summed E-state index contributed by atoms with van der Waals surface area (Å²) >= 11 is 1.90. The van der Waals surface area contributed by atoms with Crippen molar-refractivity contribution in [1.29, 1.82) is 0 Å². The van der Waals surface area contributed by atoms with Gasteiger partial charge in [0.2, 0.25) is 0 Å². The maximum atomic E-state index is 2.50. The van der Waals surface area contributed by atoms with Gasteiger partial charge in [0, 0.05) is 48.4 Å². The van der Waals surface area contributed by atoms with Crippen LogP contribution in [-0.4, -0.2) is 17.2 Å². The Bertz CT molecular complexity index is 3410. The molecule has 0 atom stereocenters. The van der Waals surface area contributed by atoms with Crippen molar-refractivity contribution in [2.75, 3.05) is 0 Å². The van der Waals surface area contributed by atoms with E-state index >= 15 is 0 Å². The van der Waals surface area contributed by atoms with E-state index in [0.29, 0.717) is 0 Å². The smallest absolute Gasteiger partial charge is 0.179 e. The number of rotatable bonds is 6. The minimum Gasteiger partial charge on any atom is -0.309 e. The molecule has 12 aromatic rings. The Labute approximate surface area is 341 Å². The lowest BCUT2D eigenvalue weighted by atomic mass is 10.1. The van der Waals surface area contributed by atoms with E-state index in [0.717, 1.165) is 0 Å². The van der Waals surface area contributed by atoms with Crippen LogP contribution < -0.4 is 20.7 Å². The number of aromatic nitrogens is 2. The van der Waals surface area contributed by atoms with Crippen molar-refractivity contribution in [3.63, 3.8) is 0 Å². The Morgan fingerprint density at radius 3 is 1.43 bits per heavy atom. The zero-order valence-electron chi connectivity index (χ0n) is 31.6. The third-order valence-corrected chi connectivity index (χ3v) is 18.2. The summed E-state index contributed by atoms with van der Waals surface area (Å²) in [6.45, 7) is 0. The molecule has 0 saturated carbocycles. The highest BCUT2D eigenvalue weighted by molar-refractivity contribution is 7.26. The second kappa shape index (κ2) is 13.0. The highest BCUT2D eigenvalue weighted by Gasteiger charge is 2.41. The van der Waals surface area contributed by atoms with E-state index in [-0.39, 0.29) is 0 Å². The predicted molar refractivity (Wildman–Crippen MR) is 252 cm³/mol. The zero-order chi connectivity index (χ0) is 38.2. The molecule has 0 unspecified atom stereocenters. The van der Waals surface area contributed by atoms with E-state index in [9.17, 15) is 0 Å². The number of benzene rings is 9. The number of fused-ring (bicyclic) bond motifs is 10. The second-order valence-corrected chi connectivity index (χ2v) is 20.1. The first-order valence-electron chi connectivity index (χ1n) is 19.9. The molecule has 0 fully saturated rings. The van der Waals surface area contributed by atoms with Crippen molar-refractivity contribution in [3.05, 3.63) is 218 Å². The van der Waals surface area contributed by atoms with E-state index in [4.69, 9.17) is 0 Å². The van der Waals surface area contributed by atoms with Crippen LogP contribution in [0.2, 0.25) is 0 Å². The summed E-state index contributed by atoms with van der Waals surface area (Å²) in [4.78, 5) is 0. The number of thiophene rings is 1. The second-order valence-electron chi connectivity index (χ2n) is 15.2. The van der Waals surface area contributed by atoms with Gasteiger partial charge in [-0.25, -0.2) is 0 Å². The summed E-state index contributed by atoms with van der Waals surface area (Å²) in [5, 5.41) is 13.2. The molecule has 3 aromatic heterocycles. The fourth-order valence-corrected chi connectivity index (χ4v) is 15.8. The summed E-state index contributed by atoms with van der Waals surface area (Å²) < 4.78 is 7.60. The van der Waals surface area contributed by atoms with Gasteiger partial charge in [-0.2, -0.15) is 0 Å². The van der Waals surface area contributed by atoms with E-state index in [1.54, 1.807) is 0 Å². The summed E-state index contributed by atoms with van der Waals surface area (Å²) in [5.74, 6) is 0. The topological polar surface area (TPSA) is 9.86 Å². The largest absolute Gasteiger partial charge is 0.309 e. The fraction of sp³-hybridized carbons (Fsp3) is 0. The van der Waals surface area contributed by atoms with Crippen molar-refractivity contribution in [2.45, 2.75) is 0 Å². The Morgan fingerprint density at radius 1 is 0.310 bits per heavy atom. The minimum absolute atomic E-state index is 1.17. The van der Waals surface area contributed by atoms with Crippen molar-refractivity contribution >= 4 is 104 Å². The van der Waals surface area contributed by atoms with E-state index < -0.39 is 8.07 Å². The normalized spacial score (nSPS) is 12.1. The lowest BCUT2D eigenvalue weighted by Crippen LogP contribution is -2.74. The van der Waals surface area contributed by atoms with Crippen LogP contribution in [0.4, 0.5) is 0 Å². The monoisotopic (exact) mass is 772 g/mol. The molecule has 0 aliphatic carbocycles. The molecule has 272 valence electrons. The third-order valence-electron chi connectivity index (χ3n) is 12.3. The molecule has 0 saturated heterocycles. The fourth-order valence-electron chi connectivity index (χ4n) is 9.81. The molecule has 12 rings (SSSR count). The zero-order valence-corrected chi connectivity index (χ0v) is 33.4. The molecule has 0 amide bonds. The van der Waals surface area contributed by atoms with E-state index in [1.807, 2.05) is 11.3 Å². The SMILES string of the molecule is c1ccc([Si](c2ccccc2)(c2ccc(-n3c4ccccc4c4ccc5c6ccccc6sc5c43)cc2)c2cccc(-n3c4ccccc4c4ccccc43)c2)cc1. The van der Waals surface area contributed by atoms with Crippen molar-refractivity contribution < 1.29 is 0 Å². The summed E-state index contributed by atoms with van der Waals surface area (Å²) in [6, 6.07) is 81.5. The van der Waals surface area contributed by atoms with Gasteiger partial charge in [0.1, 0.15) is 0 Å². The maximum Gasteiger partial charge on any atom is 0.179 e. The van der Waals surface area contributed by atoms with Gasteiger partial charge in [-0.15, -0.1) is 11.3 Å². The molecule has 0 bridgehead atoms. The lowest BCUT2D eigenvalue weighted by Gasteiger charge is -2.35. The Kier molecular flexibility index (Phi) is 7.46. The molecular weight excluding hydrogens is 737 g/mol. The highest BCUT2D eigenvalue weighted by Crippen LogP contribution is 2.43. The Hall–Kier alpha value is -6.98. The molecule has 58 heavy (non-hydrogen) atoms. The number of hydrogen-bond donors (Lipinski definition) is 0. The van der Waals surface area contributed by atoms with Gasteiger partial charge in [-0.3, -0.25) is 0 Å². The van der Waals surface area contributed by atoms with Gasteiger partial charge in [0.05, 0.1) is 26.8 Å². The van der Waals surface area contributed by atoms with Crippen molar-refractivity contribution in [2.24, 2.45) is 0 Å². The number of hydrogen-bond acceptors (Lipinski definition) is 1. The Balaban J connectivity index is 1.12. The van der Waals surface area contributed by atoms with Crippen LogP contribution in [-0.2, 0) is 0 Å². The van der Waals surface area contributed by atoms with Crippen LogP contribution >= 0.6 is 11.3 Å². The first-order chi connectivity index (χ1) is 28.8. The quantitative estimate of drug-likeness (QED) is 0.118. The number of nitrogens with zero attached hydrogens (tertiary/aromatic N) is 2. The van der Waals surface area contributed by atoms with Crippen molar-refractivity contribution in [1.82, 2.24) is 9.13 Å². The maximum absolute atomic E-state index is 2.88. The van der Waals surface area contributed by atoms with E-state index in [2.05, 4.69) is 228 Å². The third kappa shape index (κ3) is 4.76. The molecule has 0 radical (unpaired) electrons. The van der Waals surface area contributed by atoms with Gasteiger partial charge < -0.3 is 9.13 Å². The molecule has 4 heteroatoms. The average molecular weight is 773 g/mol. The lowest BCUT2D eigenvalue weighted by molar-refractivity contribution is 1.18.